The number of ether oxygens (including phenoxy) is 1. The highest BCUT2D eigenvalue weighted by atomic mass is 16.5. The van der Waals surface area contributed by atoms with Gasteiger partial charge in [-0.1, -0.05) is 42.5 Å². The molecule has 5 nitrogen and oxygen atoms in total. The Bertz CT molecular complexity index is 648. The van der Waals surface area contributed by atoms with Crippen molar-refractivity contribution in [3.8, 4) is 5.75 Å². The quantitative estimate of drug-likeness (QED) is 0.642. The van der Waals surface area contributed by atoms with E-state index in [0.29, 0.717) is 12.2 Å². The number of aryl methyl sites for hydroxylation is 1. The minimum atomic E-state index is -1.62. The third-order valence-corrected chi connectivity index (χ3v) is 3.59. The molecule has 0 aliphatic rings. The molecule has 0 fully saturated rings. The average molecular weight is 327 g/mol. The molecule has 24 heavy (non-hydrogen) atoms. The first kappa shape index (κ1) is 18.0. The van der Waals surface area contributed by atoms with Crippen LogP contribution in [0.3, 0.4) is 0 Å². The lowest BCUT2D eigenvalue weighted by Gasteiger charge is -2.18. The molecule has 2 aromatic rings. The number of benzene rings is 2. The zero-order valence-corrected chi connectivity index (χ0v) is 13.7. The molecular formula is C18H22BNO4. The fourth-order valence-electron chi connectivity index (χ4n) is 2.34. The van der Waals surface area contributed by atoms with Crippen LogP contribution in [0.1, 0.15) is 17.5 Å². The Labute approximate surface area is 142 Å². The number of hydrogen-bond acceptors (Lipinski definition) is 4. The first-order valence-electron chi connectivity index (χ1n) is 7.93. The van der Waals surface area contributed by atoms with Gasteiger partial charge in [-0.2, -0.15) is 0 Å². The van der Waals surface area contributed by atoms with Crippen LogP contribution in [-0.4, -0.2) is 35.6 Å². The lowest BCUT2D eigenvalue weighted by Crippen LogP contribution is -2.48. The van der Waals surface area contributed by atoms with Crippen molar-refractivity contribution in [3.05, 3.63) is 65.7 Å². The van der Waals surface area contributed by atoms with Crippen molar-refractivity contribution in [1.82, 2.24) is 5.32 Å². The number of carbonyl (C=O) groups is 1. The molecular weight excluding hydrogens is 305 g/mol. The fraction of sp³-hybridized carbons (Fsp3) is 0.278. The number of carbonyl (C=O) groups excluding carboxylic acids is 1. The molecule has 2 rings (SSSR count). The van der Waals surface area contributed by atoms with Gasteiger partial charge in [0.25, 0.3) is 0 Å². The molecule has 0 heterocycles. The SMILES string of the molecule is Cc1cccc(OCCC(=O)NC(Cc2ccccc2)B(O)O)c1. The van der Waals surface area contributed by atoms with E-state index in [2.05, 4.69) is 5.32 Å². The topological polar surface area (TPSA) is 78.8 Å². The molecule has 6 heteroatoms. The van der Waals surface area contributed by atoms with Gasteiger partial charge in [0.15, 0.2) is 0 Å². The van der Waals surface area contributed by atoms with E-state index >= 15 is 0 Å². The fourth-order valence-corrected chi connectivity index (χ4v) is 2.34. The Morgan fingerprint density at radius 2 is 1.92 bits per heavy atom. The van der Waals surface area contributed by atoms with E-state index in [-0.39, 0.29) is 18.9 Å². The zero-order valence-electron chi connectivity index (χ0n) is 13.7. The zero-order chi connectivity index (χ0) is 17.4. The molecule has 1 amide bonds. The van der Waals surface area contributed by atoms with Crippen molar-refractivity contribution < 1.29 is 19.6 Å². The summed E-state index contributed by atoms with van der Waals surface area (Å²) < 4.78 is 5.53. The minimum absolute atomic E-state index is 0.145. The van der Waals surface area contributed by atoms with E-state index in [0.717, 1.165) is 11.1 Å². The third kappa shape index (κ3) is 6.06. The molecule has 0 aromatic heterocycles. The second-order valence-electron chi connectivity index (χ2n) is 5.69. The lowest BCUT2D eigenvalue weighted by molar-refractivity contribution is -0.122. The monoisotopic (exact) mass is 327 g/mol. The molecule has 1 atom stereocenters. The molecule has 0 saturated carbocycles. The van der Waals surface area contributed by atoms with Gasteiger partial charge < -0.3 is 20.1 Å². The minimum Gasteiger partial charge on any atom is -0.493 e. The molecule has 3 N–H and O–H groups in total. The highest BCUT2D eigenvalue weighted by Gasteiger charge is 2.25. The largest absolute Gasteiger partial charge is 0.493 e. The molecule has 0 radical (unpaired) electrons. The summed E-state index contributed by atoms with van der Waals surface area (Å²) >= 11 is 0. The summed E-state index contributed by atoms with van der Waals surface area (Å²) in [7, 11) is -1.62. The van der Waals surface area contributed by atoms with E-state index in [1.54, 1.807) is 0 Å². The molecule has 0 bridgehead atoms. The van der Waals surface area contributed by atoms with Crippen LogP contribution in [0.15, 0.2) is 54.6 Å². The Morgan fingerprint density at radius 3 is 2.58 bits per heavy atom. The summed E-state index contributed by atoms with van der Waals surface area (Å²) in [4.78, 5) is 12.0. The van der Waals surface area contributed by atoms with Crippen molar-refractivity contribution in [2.75, 3.05) is 6.61 Å². The number of rotatable bonds is 8. The van der Waals surface area contributed by atoms with Crippen molar-refractivity contribution >= 4 is 13.0 Å². The van der Waals surface area contributed by atoms with E-state index in [1.165, 1.54) is 0 Å². The smallest absolute Gasteiger partial charge is 0.475 e. The lowest BCUT2D eigenvalue weighted by atomic mass is 9.76. The third-order valence-electron chi connectivity index (χ3n) is 3.59. The van der Waals surface area contributed by atoms with Crippen molar-refractivity contribution in [3.63, 3.8) is 0 Å². The molecule has 0 aliphatic carbocycles. The van der Waals surface area contributed by atoms with Crippen LogP contribution < -0.4 is 10.1 Å². The maximum Gasteiger partial charge on any atom is 0.475 e. The van der Waals surface area contributed by atoms with Crippen molar-refractivity contribution in [2.24, 2.45) is 0 Å². The van der Waals surface area contributed by atoms with Crippen LogP contribution in [-0.2, 0) is 11.2 Å². The van der Waals surface area contributed by atoms with Crippen LogP contribution in [0.25, 0.3) is 0 Å². The summed E-state index contributed by atoms with van der Waals surface area (Å²) in [6, 6.07) is 17.0. The van der Waals surface area contributed by atoms with Crippen LogP contribution in [0.2, 0.25) is 0 Å². The van der Waals surface area contributed by atoms with E-state index < -0.39 is 13.1 Å². The van der Waals surface area contributed by atoms with Gasteiger partial charge in [0, 0.05) is 0 Å². The molecule has 0 aliphatic heterocycles. The Kier molecular flexibility index (Phi) is 6.84. The van der Waals surface area contributed by atoms with Gasteiger partial charge in [0.2, 0.25) is 5.91 Å². The van der Waals surface area contributed by atoms with Gasteiger partial charge in [-0.25, -0.2) is 0 Å². The molecule has 1 unspecified atom stereocenters. The predicted octanol–water partition coefficient (Wildman–Crippen LogP) is 1.50. The summed E-state index contributed by atoms with van der Waals surface area (Å²) in [5.74, 6) is -0.318. The molecule has 0 saturated heterocycles. The van der Waals surface area contributed by atoms with Gasteiger partial charge in [0.05, 0.1) is 19.0 Å². The van der Waals surface area contributed by atoms with Crippen molar-refractivity contribution in [1.29, 1.82) is 0 Å². The van der Waals surface area contributed by atoms with E-state index in [9.17, 15) is 14.8 Å². The first-order valence-corrected chi connectivity index (χ1v) is 7.93. The van der Waals surface area contributed by atoms with Gasteiger partial charge in [-0.05, 0) is 36.6 Å². The maximum absolute atomic E-state index is 12.0. The average Bonchev–Trinajstić information content (AvgIpc) is 2.55. The second kappa shape index (κ2) is 9.10. The number of nitrogens with one attached hydrogen (secondary N) is 1. The molecule has 2 aromatic carbocycles. The number of hydrogen-bond donors (Lipinski definition) is 3. The highest BCUT2D eigenvalue weighted by Crippen LogP contribution is 2.12. The Morgan fingerprint density at radius 1 is 1.17 bits per heavy atom. The van der Waals surface area contributed by atoms with Gasteiger partial charge in [-0.3, -0.25) is 4.79 Å². The molecule has 126 valence electrons. The first-order chi connectivity index (χ1) is 11.5. The van der Waals surface area contributed by atoms with Crippen LogP contribution in [0.4, 0.5) is 0 Å². The second-order valence-corrected chi connectivity index (χ2v) is 5.69. The Balaban J connectivity index is 1.80. The molecule has 0 spiro atoms. The van der Waals surface area contributed by atoms with Gasteiger partial charge >= 0.3 is 7.12 Å². The normalized spacial score (nSPS) is 11.6. The number of amides is 1. The summed E-state index contributed by atoms with van der Waals surface area (Å²) in [5, 5.41) is 21.6. The van der Waals surface area contributed by atoms with Crippen molar-refractivity contribution in [2.45, 2.75) is 25.7 Å². The summed E-state index contributed by atoms with van der Waals surface area (Å²) in [6.45, 7) is 2.20. The summed E-state index contributed by atoms with van der Waals surface area (Å²) in [6.07, 6.45) is 0.495. The highest BCUT2D eigenvalue weighted by molar-refractivity contribution is 6.43. The maximum atomic E-state index is 12.0. The van der Waals surface area contributed by atoms with Crippen LogP contribution >= 0.6 is 0 Å². The van der Waals surface area contributed by atoms with Gasteiger partial charge in [-0.15, -0.1) is 0 Å². The predicted molar refractivity (Wildman–Crippen MR) is 93.6 cm³/mol. The van der Waals surface area contributed by atoms with Gasteiger partial charge in [0.1, 0.15) is 5.75 Å². The van der Waals surface area contributed by atoms with E-state index in [4.69, 9.17) is 4.74 Å². The van der Waals surface area contributed by atoms with Crippen LogP contribution in [0, 0.1) is 6.92 Å². The Hall–Kier alpha value is -2.31. The summed E-state index contributed by atoms with van der Waals surface area (Å²) in [5.41, 5.74) is 2.01. The van der Waals surface area contributed by atoms with E-state index in [1.807, 2.05) is 61.5 Å². The standard InChI is InChI=1S/C18H22BNO4/c1-14-6-5-9-16(12-14)24-11-10-18(21)20-17(19(22)23)13-15-7-3-2-4-8-15/h2-9,12,17,22-23H,10-11,13H2,1H3,(H,20,21). The van der Waals surface area contributed by atoms with Crippen LogP contribution in [0.5, 0.6) is 5.75 Å².